The van der Waals surface area contributed by atoms with Crippen LogP contribution < -0.4 is 5.46 Å². The number of benzene rings is 12. The van der Waals surface area contributed by atoms with Crippen LogP contribution in [0.25, 0.3) is 119 Å². The predicted octanol–water partition coefficient (Wildman–Crippen LogP) is 17.8. The molecule has 2 aromatic heterocycles. The van der Waals surface area contributed by atoms with Gasteiger partial charge in [0.05, 0.1) is 11.0 Å². The number of hydrogen-bond acceptors (Lipinski definition) is 2. The van der Waals surface area contributed by atoms with E-state index in [0.29, 0.717) is 5.46 Å². The first-order valence-corrected chi connectivity index (χ1v) is 26.9. The summed E-state index contributed by atoms with van der Waals surface area (Å²) in [5.74, 6) is 0. The summed E-state index contributed by atoms with van der Waals surface area (Å²) in [4.78, 5) is 0. The van der Waals surface area contributed by atoms with E-state index in [4.69, 9.17) is 10.0 Å². The third-order valence-corrected chi connectivity index (χ3v) is 16.5. The van der Waals surface area contributed by atoms with Crippen LogP contribution in [0.15, 0.2) is 186 Å². The van der Waals surface area contributed by atoms with Crippen LogP contribution in [-0.2, 0) is 23.9 Å². The quantitative estimate of drug-likeness (QED) is 0.136. The first kappa shape index (κ1) is 47.8. The van der Waals surface area contributed by atoms with E-state index in [2.05, 4.69) is 238 Å². The number of hydrogen-bond donors (Lipinski definition) is 2. The molecule has 0 aliphatic heterocycles. The van der Waals surface area contributed by atoms with Gasteiger partial charge in [-0.15, -0.1) is 0 Å². The van der Waals surface area contributed by atoms with E-state index in [-0.39, 0.29) is 10.8 Å². The Kier molecular flexibility index (Phi) is 11.6. The number of nitrogens with zero attached hydrogens (tertiary/aromatic N) is 2. The van der Waals surface area contributed by atoms with Gasteiger partial charge in [0.15, 0.2) is 0 Å². The molecular formula is C68H60BBrN2O2. The Labute approximate surface area is 441 Å². The Bertz CT molecular complexity index is 4410. The van der Waals surface area contributed by atoms with Gasteiger partial charge >= 0.3 is 7.12 Å². The van der Waals surface area contributed by atoms with Gasteiger partial charge in [0.2, 0.25) is 0 Å². The van der Waals surface area contributed by atoms with Gasteiger partial charge in [-0.05, 0) is 140 Å². The van der Waals surface area contributed by atoms with Crippen LogP contribution in [0.5, 0.6) is 0 Å². The molecule has 6 heteroatoms. The molecular weight excluding hydrogens is 967 g/mol. The van der Waals surface area contributed by atoms with E-state index in [9.17, 15) is 0 Å². The fourth-order valence-electron chi connectivity index (χ4n) is 12.1. The van der Waals surface area contributed by atoms with Crippen LogP contribution in [0, 0.1) is 0 Å². The molecule has 0 saturated heterocycles. The molecule has 4 nitrogen and oxygen atoms in total. The summed E-state index contributed by atoms with van der Waals surface area (Å²) in [6.07, 6.45) is 0. The van der Waals surface area contributed by atoms with E-state index >= 15 is 0 Å². The highest BCUT2D eigenvalue weighted by atomic mass is 79.9. The minimum atomic E-state index is -1.37. The second kappa shape index (κ2) is 18.0. The lowest BCUT2D eigenvalue weighted by Crippen LogP contribution is -2.29. The maximum absolute atomic E-state index is 8.87. The van der Waals surface area contributed by atoms with Crippen molar-refractivity contribution in [3.8, 4) is 11.1 Å². The Morgan fingerprint density at radius 1 is 0.392 bits per heavy atom. The first-order valence-electron chi connectivity index (χ1n) is 26.1. The summed E-state index contributed by atoms with van der Waals surface area (Å²) in [7, 11) is -1.37. The fourth-order valence-corrected chi connectivity index (χ4v) is 12.9. The first-order chi connectivity index (χ1) is 35.7. The van der Waals surface area contributed by atoms with Crippen molar-refractivity contribution in [2.75, 3.05) is 0 Å². The van der Waals surface area contributed by atoms with E-state index in [0.717, 1.165) is 13.1 Å². The molecule has 14 aromatic rings. The standard InChI is InChI=1S/C34H29N.C24H16BrN.C10H15BO2/c1-5-35-28-12-7-6-11-25(28)32-27-20-16-22-10-8-9-21-15-19-26(31(27)29(21)22)30(33(32)35)23-13-17-24(18-14-23)34(2,3)4;1-2-26-19-9-4-3-8-16(19)22-17-12-10-14-6-5-7-15-11-13-18(21(17)20(14)15)23(25)24(22)26;1-10(2,3)8-4-6-9(7-5-8)11(12)13/h6-20H,5H2,1-4H3;3-13H,2H2,1H3;4-7,12-13H,1-3H3. The van der Waals surface area contributed by atoms with Gasteiger partial charge in [-0.25, -0.2) is 0 Å². The minimum absolute atomic E-state index is 0.110. The summed E-state index contributed by atoms with van der Waals surface area (Å²) in [5, 5.41) is 39.3. The van der Waals surface area contributed by atoms with Crippen LogP contribution in [0.3, 0.4) is 0 Å². The predicted molar refractivity (Wildman–Crippen MR) is 324 cm³/mol. The smallest absolute Gasteiger partial charge is 0.423 e. The molecule has 2 N–H and O–H groups in total. The van der Waals surface area contributed by atoms with Crippen molar-refractivity contribution in [2.45, 2.75) is 79.3 Å². The normalized spacial score (nSPS) is 12.4. The molecule has 74 heavy (non-hydrogen) atoms. The van der Waals surface area contributed by atoms with Gasteiger partial charge < -0.3 is 19.2 Å². The maximum atomic E-state index is 8.87. The highest BCUT2D eigenvalue weighted by Gasteiger charge is 2.24. The maximum Gasteiger partial charge on any atom is 0.488 e. The highest BCUT2D eigenvalue weighted by Crippen LogP contribution is 2.49. The van der Waals surface area contributed by atoms with Crippen molar-refractivity contribution in [1.29, 1.82) is 0 Å². The molecule has 0 unspecified atom stereocenters. The summed E-state index contributed by atoms with van der Waals surface area (Å²) in [6, 6.07) is 66.0. The van der Waals surface area contributed by atoms with Crippen LogP contribution in [-0.4, -0.2) is 26.3 Å². The largest absolute Gasteiger partial charge is 0.488 e. The molecule has 0 amide bonds. The van der Waals surface area contributed by atoms with Crippen molar-refractivity contribution >= 4 is 137 Å². The number of aryl methyl sites for hydroxylation is 2. The lowest BCUT2D eigenvalue weighted by molar-refractivity contribution is 0.425. The minimum Gasteiger partial charge on any atom is -0.423 e. The van der Waals surface area contributed by atoms with Gasteiger partial charge in [-0.2, -0.15) is 0 Å². The monoisotopic (exact) mass is 1030 g/mol. The highest BCUT2D eigenvalue weighted by molar-refractivity contribution is 9.10. The second-order valence-electron chi connectivity index (χ2n) is 22.1. The van der Waals surface area contributed by atoms with Gasteiger partial charge in [0.1, 0.15) is 0 Å². The number of fused-ring (bicyclic) bond motifs is 8. The molecule has 0 fully saturated rings. The molecule has 0 saturated carbocycles. The van der Waals surface area contributed by atoms with E-state index < -0.39 is 7.12 Å². The molecule has 0 aliphatic carbocycles. The lowest BCUT2D eigenvalue weighted by atomic mass is 9.78. The molecule has 0 bridgehead atoms. The molecule has 0 aliphatic rings. The van der Waals surface area contributed by atoms with Crippen LogP contribution in [0.1, 0.15) is 66.5 Å². The van der Waals surface area contributed by atoms with Gasteiger partial charge in [-0.1, -0.05) is 211 Å². The second-order valence-corrected chi connectivity index (χ2v) is 22.9. The summed E-state index contributed by atoms with van der Waals surface area (Å²) in [6.45, 7) is 19.6. The van der Waals surface area contributed by atoms with Crippen molar-refractivity contribution in [1.82, 2.24) is 9.13 Å². The zero-order valence-electron chi connectivity index (χ0n) is 43.5. The zero-order chi connectivity index (χ0) is 51.4. The third-order valence-electron chi connectivity index (χ3n) is 15.7. The van der Waals surface area contributed by atoms with Crippen molar-refractivity contribution in [3.63, 3.8) is 0 Å². The molecule has 0 radical (unpaired) electrons. The molecule has 0 spiro atoms. The van der Waals surface area contributed by atoms with Crippen molar-refractivity contribution in [2.24, 2.45) is 0 Å². The number of halogens is 1. The molecule has 14 rings (SSSR count). The van der Waals surface area contributed by atoms with Crippen molar-refractivity contribution in [3.05, 3.63) is 198 Å². The average molecular weight is 1030 g/mol. The number of para-hydroxylation sites is 2. The molecule has 2 heterocycles. The summed E-state index contributed by atoms with van der Waals surface area (Å²) < 4.78 is 6.16. The Hall–Kier alpha value is -7.22. The zero-order valence-corrected chi connectivity index (χ0v) is 45.1. The molecule has 12 aromatic carbocycles. The SMILES string of the molecule is CC(C)(C)c1ccc(B(O)O)cc1.CCn1c2ccccc2c2c3ccc4cccc5ccc(c(-c6ccc(C(C)(C)C)cc6)c21)c3c54.CCn1c2ccccc2c2c3ccc4cccc5ccc(c(Br)c21)c3c54. The van der Waals surface area contributed by atoms with Crippen molar-refractivity contribution < 1.29 is 10.0 Å². The third kappa shape index (κ3) is 7.55. The summed E-state index contributed by atoms with van der Waals surface area (Å²) in [5.41, 5.74) is 11.3. The Balaban J connectivity index is 0.000000125. The van der Waals surface area contributed by atoms with Gasteiger partial charge in [-0.3, -0.25) is 0 Å². The number of rotatable bonds is 4. The average Bonchev–Trinajstić information content (AvgIpc) is 3.96. The Morgan fingerprint density at radius 3 is 1.26 bits per heavy atom. The van der Waals surface area contributed by atoms with E-state index in [1.165, 1.54) is 135 Å². The molecule has 0 atom stereocenters. The van der Waals surface area contributed by atoms with Crippen LogP contribution >= 0.6 is 15.9 Å². The van der Waals surface area contributed by atoms with Crippen LogP contribution in [0.4, 0.5) is 0 Å². The topological polar surface area (TPSA) is 50.3 Å². The van der Waals surface area contributed by atoms with E-state index in [1.54, 1.807) is 12.1 Å². The van der Waals surface area contributed by atoms with Gasteiger partial charge in [0.25, 0.3) is 0 Å². The van der Waals surface area contributed by atoms with Gasteiger partial charge in [0, 0.05) is 55.7 Å². The van der Waals surface area contributed by atoms with E-state index in [1.807, 2.05) is 12.1 Å². The molecule has 364 valence electrons. The lowest BCUT2D eigenvalue weighted by Gasteiger charge is -2.21. The Morgan fingerprint density at radius 2 is 0.797 bits per heavy atom. The van der Waals surface area contributed by atoms with Crippen LogP contribution in [0.2, 0.25) is 0 Å². The number of aromatic nitrogens is 2. The summed E-state index contributed by atoms with van der Waals surface area (Å²) >= 11 is 3.98. The fraction of sp³-hybridized carbons (Fsp3) is 0.176.